The second kappa shape index (κ2) is 33.5. The monoisotopic (exact) mass is 1050 g/mol. The zero-order valence-electron chi connectivity index (χ0n) is 47.7. The highest BCUT2D eigenvalue weighted by atomic mass is 32.1. The van der Waals surface area contributed by atoms with Crippen molar-refractivity contribution in [2.24, 2.45) is 27.8 Å². The SMILES string of the molecule is C/C=C\C(C)=C/C.C=C.C=C/C=c1\c(=C/C)sc2c1ccc1c3cc4c(ccn4-c4ccccc4)cc3n(C)c12.C=NC(=NC(=NCc1cccc(-c2ccccc2)c1)c1ccccc1)c1ccccc1.CC.CCC.CN. The molecule has 3 heterocycles. The molecule has 78 heavy (non-hydrogen) atoms. The molecule has 7 aromatic carbocycles. The molecule has 0 unspecified atom stereocenters. The lowest BCUT2D eigenvalue weighted by molar-refractivity contribution is 1.02. The third-order valence-corrected chi connectivity index (χ3v) is 13.3. The van der Waals surface area contributed by atoms with Gasteiger partial charge in [-0.2, -0.15) is 0 Å². The maximum atomic E-state index is 4.85. The number of benzene rings is 7. The van der Waals surface area contributed by atoms with Gasteiger partial charge in [0.1, 0.15) is 0 Å². The van der Waals surface area contributed by atoms with Gasteiger partial charge >= 0.3 is 0 Å². The van der Waals surface area contributed by atoms with E-state index in [0.29, 0.717) is 18.2 Å². The van der Waals surface area contributed by atoms with Gasteiger partial charge in [0.15, 0.2) is 11.7 Å². The number of thiophene rings is 1. The number of rotatable bonds is 8. The Labute approximate surface area is 469 Å². The molecule has 0 saturated heterocycles. The number of aliphatic imine (C=N–C) groups is 3. The van der Waals surface area contributed by atoms with Gasteiger partial charge in [-0.3, -0.25) is 4.99 Å². The van der Waals surface area contributed by atoms with E-state index in [1.165, 1.54) is 88.4 Å². The van der Waals surface area contributed by atoms with Crippen LogP contribution in [0.3, 0.4) is 0 Å². The maximum absolute atomic E-state index is 4.85. The van der Waals surface area contributed by atoms with Crippen LogP contribution in [-0.2, 0) is 13.6 Å². The number of nitrogens with two attached hydrogens (primary N) is 1. The topological polar surface area (TPSA) is 73.0 Å². The minimum Gasteiger partial charge on any atom is -0.342 e. The average molecular weight is 1050 g/mol. The summed E-state index contributed by atoms with van der Waals surface area (Å²) in [6, 6.07) is 60.6. The minimum atomic E-state index is 0.521. The molecule has 0 amide bonds. The van der Waals surface area contributed by atoms with E-state index in [9.17, 15) is 0 Å². The summed E-state index contributed by atoms with van der Waals surface area (Å²) in [7, 11) is 3.69. The van der Waals surface area contributed by atoms with Gasteiger partial charge in [0, 0.05) is 66.9 Å². The number of para-hydroxylation sites is 1. The molecule has 0 radical (unpaired) electrons. The lowest BCUT2D eigenvalue weighted by Crippen LogP contribution is -2.17. The van der Waals surface area contributed by atoms with Gasteiger partial charge in [-0.25, -0.2) is 9.98 Å². The van der Waals surface area contributed by atoms with Gasteiger partial charge in [0.05, 0.1) is 22.3 Å². The average Bonchev–Trinajstić information content (AvgIpc) is 4.28. The molecule has 10 rings (SSSR count). The fraction of sp³-hybridized carbons (Fsp3) is 0.169. The summed E-state index contributed by atoms with van der Waals surface area (Å²) in [5.74, 6) is 1.19. The Hall–Kier alpha value is -8.49. The number of aryl methyl sites for hydroxylation is 1. The second-order valence-corrected chi connectivity index (χ2v) is 18.2. The highest BCUT2D eigenvalue weighted by Gasteiger charge is 2.16. The molecule has 0 aliphatic rings. The van der Waals surface area contributed by atoms with Crippen LogP contribution in [-0.4, -0.2) is 34.6 Å². The summed E-state index contributed by atoms with van der Waals surface area (Å²) in [5.41, 5.74) is 16.2. The number of amidine groups is 2. The van der Waals surface area contributed by atoms with Crippen molar-refractivity contribution in [1.29, 1.82) is 0 Å². The first-order chi connectivity index (χ1) is 38.3. The van der Waals surface area contributed by atoms with E-state index in [1.807, 2.05) is 118 Å². The summed E-state index contributed by atoms with van der Waals surface area (Å²) >= 11 is 1.87. The van der Waals surface area contributed by atoms with Crippen LogP contribution >= 0.6 is 11.3 Å². The predicted octanol–water partition coefficient (Wildman–Crippen LogP) is 18.1. The Morgan fingerprint density at radius 1 is 0.654 bits per heavy atom. The number of fused-ring (bicyclic) bond motifs is 6. The van der Waals surface area contributed by atoms with Crippen LogP contribution in [0.15, 0.2) is 247 Å². The fourth-order valence-corrected chi connectivity index (χ4v) is 9.76. The zero-order valence-corrected chi connectivity index (χ0v) is 48.6. The van der Waals surface area contributed by atoms with Gasteiger partial charge in [0.25, 0.3) is 0 Å². The molecule has 0 aliphatic carbocycles. The van der Waals surface area contributed by atoms with E-state index >= 15 is 0 Å². The van der Waals surface area contributed by atoms with Crippen LogP contribution in [0.2, 0.25) is 0 Å². The summed E-state index contributed by atoms with van der Waals surface area (Å²) in [4.78, 5) is 13.8. The van der Waals surface area contributed by atoms with Crippen LogP contribution in [0.4, 0.5) is 0 Å². The molecule has 0 atom stereocenters. The van der Waals surface area contributed by atoms with E-state index in [4.69, 9.17) is 9.98 Å². The number of nitrogens with zero attached hydrogens (tertiary/aromatic N) is 5. The van der Waals surface area contributed by atoms with Gasteiger partial charge in [0.2, 0.25) is 0 Å². The molecule has 2 N–H and O–H groups in total. The van der Waals surface area contributed by atoms with Crippen LogP contribution in [0.5, 0.6) is 0 Å². The third kappa shape index (κ3) is 16.0. The standard InChI is InChI=1S/C28H23N3.C28H22N2S.C7H12.C3H8.C2H6.C2H4.CH5N/c1-29-27(24-15-7-3-8-16-24)31-28(25-17-9-4-10-18-25)30-21-22-12-11-19-26(20-22)23-13-5-2-6-14-23;1-4-9-20-22-13-12-21-23-17-24-18(14-15-30(24)19-10-7-6-8-11-19)16-25(23)29(3)27(21)28(22)31-26(20)5-2;1-4-6-7(3)5-2;1-3-2;3*1-2/h2-20H,1,21H2;4-17H,1H2,2-3H3;4-6H,1-3H3;3H2,1-2H3;1-2H3;1-2H2;2H2,1H3/b;20-9-,26-5+;6-4-,7-5-;;;;. The fourth-order valence-electron chi connectivity index (χ4n) is 8.50. The van der Waals surface area contributed by atoms with Crippen molar-refractivity contribution >= 4 is 84.7 Å². The first-order valence-corrected chi connectivity index (χ1v) is 27.6. The largest absolute Gasteiger partial charge is 0.342 e. The smallest absolute Gasteiger partial charge is 0.161 e. The van der Waals surface area contributed by atoms with E-state index in [0.717, 1.165) is 16.7 Å². The van der Waals surface area contributed by atoms with Crippen molar-refractivity contribution in [2.45, 2.75) is 68.4 Å². The Balaban J connectivity index is 0.000000266. The van der Waals surface area contributed by atoms with E-state index in [-0.39, 0.29) is 0 Å². The highest BCUT2D eigenvalue weighted by Crippen LogP contribution is 2.37. The van der Waals surface area contributed by atoms with Crippen molar-refractivity contribution in [3.05, 3.63) is 258 Å². The molecular formula is C71H80N6S. The minimum absolute atomic E-state index is 0.521. The van der Waals surface area contributed by atoms with Gasteiger partial charge < -0.3 is 14.9 Å². The molecule has 3 aromatic heterocycles. The number of aromatic nitrogens is 2. The van der Waals surface area contributed by atoms with Crippen LogP contribution in [0, 0.1) is 0 Å². The Morgan fingerprint density at radius 3 is 1.77 bits per heavy atom. The third-order valence-electron chi connectivity index (χ3n) is 12.0. The quantitative estimate of drug-likeness (QED) is 0.0700. The molecule has 0 aliphatic heterocycles. The lowest BCUT2D eigenvalue weighted by Gasteiger charge is -2.07. The molecule has 7 heteroatoms. The molecule has 0 fully saturated rings. The first-order valence-electron chi connectivity index (χ1n) is 26.7. The van der Waals surface area contributed by atoms with Crippen LogP contribution < -0.4 is 15.5 Å². The molecule has 400 valence electrons. The Bertz CT molecular complexity index is 3690. The van der Waals surface area contributed by atoms with E-state index < -0.39 is 0 Å². The lowest BCUT2D eigenvalue weighted by atomic mass is 10.0. The Kier molecular flexibility index (Phi) is 26.7. The summed E-state index contributed by atoms with van der Waals surface area (Å²) in [5, 5.41) is 6.43. The molecule has 0 saturated carbocycles. The van der Waals surface area contributed by atoms with Crippen molar-refractivity contribution in [3.63, 3.8) is 0 Å². The normalized spacial score (nSPS) is 11.7. The Morgan fingerprint density at radius 2 is 1.22 bits per heavy atom. The van der Waals surface area contributed by atoms with Crippen molar-refractivity contribution in [1.82, 2.24) is 9.13 Å². The number of hydrogen-bond donors (Lipinski definition) is 1. The number of hydrogen-bond acceptors (Lipinski definition) is 3. The number of allylic oxidation sites excluding steroid dienone is 5. The van der Waals surface area contributed by atoms with Crippen LogP contribution in [0.1, 0.15) is 78.5 Å². The van der Waals surface area contributed by atoms with E-state index in [1.54, 1.807) is 0 Å². The van der Waals surface area contributed by atoms with Crippen molar-refractivity contribution < 1.29 is 0 Å². The highest BCUT2D eigenvalue weighted by molar-refractivity contribution is 7.18. The zero-order chi connectivity index (χ0) is 56.8. The van der Waals surface area contributed by atoms with E-state index in [2.05, 4.69) is 221 Å². The van der Waals surface area contributed by atoms with Crippen LogP contribution in [0.25, 0.3) is 71.8 Å². The van der Waals surface area contributed by atoms with Crippen molar-refractivity contribution in [3.8, 4) is 16.8 Å². The summed E-state index contributed by atoms with van der Waals surface area (Å²) in [6.45, 7) is 30.7. The molecule has 0 bridgehead atoms. The maximum Gasteiger partial charge on any atom is 0.161 e. The predicted molar refractivity (Wildman–Crippen MR) is 351 cm³/mol. The summed E-state index contributed by atoms with van der Waals surface area (Å²) in [6.07, 6.45) is 15.8. The molecule has 6 nitrogen and oxygen atoms in total. The van der Waals surface area contributed by atoms with Gasteiger partial charge in [-0.1, -0.05) is 222 Å². The first kappa shape index (κ1) is 62.1. The molecule has 10 aromatic rings. The molecular weight excluding hydrogens is 969 g/mol. The van der Waals surface area contributed by atoms with Gasteiger partial charge in [-0.05, 0) is 94.5 Å². The summed E-state index contributed by atoms with van der Waals surface area (Å²) < 4.78 is 7.28. The van der Waals surface area contributed by atoms with Crippen molar-refractivity contribution in [2.75, 3.05) is 7.05 Å². The van der Waals surface area contributed by atoms with Gasteiger partial charge in [-0.15, -0.1) is 24.5 Å². The molecule has 0 spiro atoms. The second-order valence-electron chi connectivity index (χ2n) is 17.2.